The minimum Gasteiger partial charge on any atom is -0.491 e. The molecule has 1 aromatic heterocycles. The van der Waals surface area contributed by atoms with E-state index in [1.807, 2.05) is 60.0 Å². The SMILES string of the molecule is Cc1ccccc1OC[C@H](O)Cn1c([C@@H]2CC(=O)N(c3ccc(F)cc3)C2)nc2ccccc21. The first-order valence-corrected chi connectivity index (χ1v) is 11.4. The van der Waals surface area contributed by atoms with Crippen molar-refractivity contribution in [2.24, 2.45) is 0 Å². The van der Waals surface area contributed by atoms with E-state index in [0.29, 0.717) is 25.2 Å². The minimum atomic E-state index is -0.763. The number of aliphatic hydroxyl groups is 1. The van der Waals surface area contributed by atoms with E-state index >= 15 is 0 Å². The molecule has 5 rings (SSSR count). The third kappa shape index (κ3) is 4.39. The van der Waals surface area contributed by atoms with E-state index in [9.17, 15) is 14.3 Å². The van der Waals surface area contributed by atoms with Gasteiger partial charge < -0.3 is 19.3 Å². The molecular formula is C27H26FN3O3. The van der Waals surface area contributed by atoms with Crippen molar-refractivity contribution in [3.63, 3.8) is 0 Å². The highest BCUT2D eigenvalue weighted by molar-refractivity contribution is 5.96. The lowest BCUT2D eigenvalue weighted by atomic mass is 10.1. The number of para-hydroxylation sites is 3. The predicted octanol–water partition coefficient (Wildman–Crippen LogP) is 4.44. The van der Waals surface area contributed by atoms with Crippen molar-refractivity contribution in [3.8, 4) is 5.75 Å². The van der Waals surface area contributed by atoms with Gasteiger partial charge in [0.15, 0.2) is 0 Å². The van der Waals surface area contributed by atoms with Crippen LogP contribution in [0.1, 0.15) is 23.7 Å². The number of benzene rings is 3. The van der Waals surface area contributed by atoms with Crippen molar-refractivity contribution in [2.45, 2.75) is 31.9 Å². The number of carbonyl (C=O) groups is 1. The summed E-state index contributed by atoms with van der Waals surface area (Å²) in [4.78, 5) is 19.3. The maximum atomic E-state index is 13.3. The molecule has 1 aliphatic rings. The average molecular weight is 460 g/mol. The van der Waals surface area contributed by atoms with Gasteiger partial charge in [-0.3, -0.25) is 4.79 Å². The van der Waals surface area contributed by atoms with Crippen LogP contribution in [0.3, 0.4) is 0 Å². The van der Waals surface area contributed by atoms with Gasteiger partial charge in [-0.15, -0.1) is 0 Å². The third-order valence-corrected chi connectivity index (χ3v) is 6.23. The first-order valence-electron chi connectivity index (χ1n) is 11.4. The van der Waals surface area contributed by atoms with Gasteiger partial charge in [-0.2, -0.15) is 0 Å². The monoisotopic (exact) mass is 459 g/mol. The first-order chi connectivity index (χ1) is 16.5. The van der Waals surface area contributed by atoms with Crippen molar-refractivity contribution in [1.29, 1.82) is 0 Å². The molecule has 0 bridgehead atoms. The molecule has 174 valence electrons. The van der Waals surface area contributed by atoms with Crippen LogP contribution in [-0.2, 0) is 11.3 Å². The zero-order valence-corrected chi connectivity index (χ0v) is 18.9. The second-order valence-corrected chi connectivity index (χ2v) is 8.68. The van der Waals surface area contributed by atoms with Crippen molar-refractivity contribution >= 4 is 22.6 Å². The highest BCUT2D eigenvalue weighted by Crippen LogP contribution is 2.33. The Balaban J connectivity index is 1.38. The summed E-state index contributed by atoms with van der Waals surface area (Å²) in [7, 11) is 0. The van der Waals surface area contributed by atoms with Crippen LogP contribution in [0.25, 0.3) is 11.0 Å². The number of aromatic nitrogens is 2. The van der Waals surface area contributed by atoms with Crippen LogP contribution in [0.5, 0.6) is 5.75 Å². The summed E-state index contributed by atoms with van der Waals surface area (Å²) in [6, 6.07) is 21.4. The van der Waals surface area contributed by atoms with Crippen LogP contribution in [0.15, 0.2) is 72.8 Å². The van der Waals surface area contributed by atoms with E-state index in [-0.39, 0.29) is 24.2 Å². The minimum absolute atomic E-state index is 0.0290. The quantitative estimate of drug-likeness (QED) is 0.444. The van der Waals surface area contributed by atoms with Gasteiger partial charge in [-0.05, 0) is 55.0 Å². The Morgan fingerprint density at radius 3 is 2.62 bits per heavy atom. The first kappa shape index (κ1) is 22.1. The van der Waals surface area contributed by atoms with Crippen LogP contribution < -0.4 is 9.64 Å². The normalized spacial score (nSPS) is 16.9. The standard InChI is InChI=1S/C27H26FN3O3/c1-18-6-2-5-9-25(18)34-17-22(32)16-31-24-8-4-3-7-23(24)29-27(31)19-14-26(33)30(15-19)21-12-10-20(28)11-13-21/h2-13,19,22,32H,14-17H2,1H3/t19-,22-/m1/s1. The Morgan fingerprint density at radius 1 is 1.09 bits per heavy atom. The zero-order chi connectivity index (χ0) is 23.7. The van der Waals surface area contributed by atoms with Crippen molar-refractivity contribution in [2.75, 3.05) is 18.1 Å². The number of fused-ring (bicyclic) bond motifs is 1. The second kappa shape index (κ2) is 9.27. The number of nitrogens with zero attached hydrogens (tertiary/aromatic N) is 3. The Bertz CT molecular complexity index is 1320. The van der Waals surface area contributed by atoms with Crippen LogP contribution >= 0.6 is 0 Å². The zero-order valence-electron chi connectivity index (χ0n) is 18.9. The molecule has 4 aromatic rings. The average Bonchev–Trinajstić information content (AvgIpc) is 3.40. The predicted molar refractivity (Wildman–Crippen MR) is 129 cm³/mol. The van der Waals surface area contributed by atoms with Crippen LogP contribution in [0, 0.1) is 12.7 Å². The van der Waals surface area contributed by atoms with Gasteiger partial charge in [-0.25, -0.2) is 9.37 Å². The number of hydrogen-bond acceptors (Lipinski definition) is 4. The summed E-state index contributed by atoms with van der Waals surface area (Å²) in [5.74, 6) is 0.992. The molecule has 2 heterocycles. The number of halogens is 1. The maximum Gasteiger partial charge on any atom is 0.227 e. The van der Waals surface area contributed by atoms with Crippen molar-refractivity contribution < 1.29 is 19.0 Å². The molecule has 0 spiro atoms. The molecule has 1 N–H and O–H groups in total. The number of aryl methyl sites for hydroxylation is 1. The lowest BCUT2D eigenvalue weighted by Crippen LogP contribution is -2.26. The van der Waals surface area contributed by atoms with Crippen LogP contribution in [0.4, 0.5) is 10.1 Å². The molecule has 6 nitrogen and oxygen atoms in total. The Hall–Kier alpha value is -3.71. The van der Waals surface area contributed by atoms with Gasteiger partial charge in [0.25, 0.3) is 0 Å². The molecule has 3 aromatic carbocycles. The summed E-state index contributed by atoms with van der Waals surface area (Å²) in [6.45, 7) is 2.85. The lowest BCUT2D eigenvalue weighted by molar-refractivity contribution is -0.117. The molecule has 1 fully saturated rings. The molecule has 7 heteroatoms. The van der Waals surface area contributed by atoms with E-state index < -0.39 is 6.10 Å². The maximum absolute atomic E-state index is 13.3. The van der Waals surface area contributed by atoms with Crippen LogP contribution in [0.2, 0.25) is 0 Å². The molecule has 34 heavy (non-hydrogen) atoms. The summed E-state index contributed by atoms with van der Waals surface area (Å²) < 4.78 is 21.2. The number of carbonyl (C=O) groups excluding carboxylic acids is 1. The molecule has 1 aliphatic heterocycles. The van der Waals surface area contributed by atoms with E-state index in [1.54, 1.807) is 17.0 Å². The van der Waals surface area contributed by atoms with Gasteiger partial charge in [0.1, 0.15) is 30.1 Å². The molecule has 0 saturated carbocycles. The molecule has 0 unspecified atom stereocenters. The summed E-state index contributed by atoms with van der Waals surface area (Å²) in [5, 5.41) is 10.8. The summed E-state index contributed by atoms with van der Waals surface area (Å²) >= 11 is 0. The van der Waals surface area contributed by atoms with Crippen molar-refractivity contribution in [1.82, 2.24) is 9.55 Å². The fraction of sp³-hybridized carbons (Fsp3) is 0.259. The highest BCUT2D eigenvalue weighted by Gasteiger charge is 2.35. The van der Waals surface area contributed by atoms with Crippen molar-refractivity contribution in [3.05, 3.63) is 90.0 Å². The second-order valence-electron chi connectivity index (χ2n) is 8.68. The lowest BCUT2D eigenvalue weighted by Gasteiger charge is -2.19. The largest absolute Gasteiger partial charge is 0.491 e. The van der Waals surface area contributed by atoms with E-state index in [1.165, 1.54) is 12.1 Å². The number of anilines is 1. The third-order valence-electron chi connectivity index (χ3n) is 6.23. The highest BCUT2D eigenvalue weighted by atomic mass is 19.1. The molecule has 2 atom stereocenters. The number of ether oxygens (including phenoxy) is 1. The molecular weight excluding hydrogens is 433 g/mol. The fourth-order valence-electron chi connectivity index (χ4n) is 4.52. The molecule has 0 aliphatic carbocycles. The fourth-order valence-corrected chi connectivity index (χ4v) is 4.52. The van der Waals surface area contributed by atoms with Gasteiger partial charge >= 0.3 is 0 Å². The number of hydrogen-bond donors (Lipinski definition) is 1. The number of amides is 1. The van der Waals surface area contributed by atoms with E-state index in [4.69, 9.17) is 9.72 Å². The molecule has 0 radical (unpaired) electrons. The van der Waals surface area contributed by atoms with Gasteiger partial charge in [0, 0.05) is 24.6 Å². The number of aliphatic hydroxyl groups excluding tert-OH is 1. The van der Waals surface area contributed by atoms with E-state index in [0.717, 1.165) is 28.2 Å². The van der Waals surface area contributed by atoms with Gasteiger partial charge in [0.2, 0.25) is 5.91 Å². The molecule has 1 saturated heterocycles. The van der Waals surface area contributed by atoms with E-state index in [2.05, 4.69) is 0 Å². The molecule has 1 amide bonds. The topological polar surface area (TPSA) is 67.6 Å². The van der Waals surface area contributed by atoms with Gasteiger partial charge in [0.05, 0.1) is 17.6 Å². The summed E-state index contributed by atoms with van der Waals surface area (Å²) in [5.41, 5.74) is 3.40. The number of imidazole rings is 1. The van der Waals surface area contributed by atoms with Gasteiger partial charge in [-0.1, -0.05) is 30.3 Å². The smallest absolute Gasteiger partial charge is 0.227 e. The van der Waals surface area contributed by atoms with Crippen LogP contribution in [-0.4, -0.2) is 39.8 Å². The Morgan fingerprint density at radius 2 is 1.82 bits per heavy atom. The Kier molecular flexibility index (Phi) is 6.02. The Labute approximate surface area is 197 Å². The summed E-state index contributed by atoms with van der Waals surface area (Å²) in [6.07, 6.45) is -0.461. The number of rotatable bonds is 7.